The van der Waals surface area contributed by atoms with Crippen LogP contribution >= 0.6 is 0 Å². The molecule has 0 aromatic rings. The molecular weight excluding hydrogens is 554 g/mol. The number of amides is 5. The summed E-state index contributed by atoms with van der Waals surface area (Å²) in [4.78, 5) is 73.4. The summed E-state index contributed by atoms with van der Waals surface area (Å²) in [6.07, 6.45) is 1.40. The second kappa shape index (κ2) is 21.5. The topological polar surface area (TPSA) is 238 Å². The van der Waals surface area contributed by atoms with E-state index in [9.17, 15) is 39.0 Å². The molecule has 0 rings (SSSR count). The monoisotopic (exact) mass is 603 g/mol. The molecule has 0 aliphatic rings. The SMILES string of the molecule is CCCCCCCCNC(=O)CC[C@H](NC(=O)[C@H](C)N(C)C(=O)CO[C@@H]([C@H](O)[C@H](O)CO)[C@H](C=O)NC(C)=O)C(N)=O. The van der Waals surface area contributed by atoms with Crippen molar-refractivity contribution < 1.29 is 48.8 Å². The number of hydrogen-bond acceptors (Lipinski definition) is 10. The molecule has 0 aromatic heterocycles. The molecule has 8 N–H and O–H groups in total. The van der Waals surface area contributed by atoms with E-state index < -0.39 is 73.3 Å². The second-order valence-electron chi connectivity index (χ2n) is 10.2. The summed E-state index contributed by atoms with van der Waals surface area (Å²) >= 11 is 0. The van der Waals surface area contributed by atoms with Crippen molar-refractivity contribution in [3.63, 3.8) is 0 Å². The van der Waals surface area contributed by atoms with Gasteiger partial charge in [0.2, 0.25) is 29.5 Å². The van der Waals surface area contributed by atoms with Crippen LogP contribution in [-0.4, -0.2) is 119 Å². The number of likely N-dealkylation sites (N-methyl/N-ethyl adjacent to an activating group) is 1. The molecule has 42 heavy (non-hydrogen) atoms. The molecule has 0 aliphatic carbocycles. The molecule has 242 valence electrons. The minimum Gasteiger partial charge on any atom is -0.394 e. The van der Waals surface area contributed by atoms with Gasteiger partial charge >= 0.3 is 0 Å². The third-order valence-electron chi connectivity index (χ3n) is 6.71. The van der Waals surface area contributed by atoms with Crippen molar-refractivity contribution in [2.24, 2.45) is 5.73 Å². The first-order valence-corrected chi connectivity index (χ1v) is 14.2. The Labute approximate surface area is 246 Å². The Morgan fingerprint density at radius 3 is 2.19 bits per heavy atom. The number of carbonyl (C=O) groups is 6. The lowest BCUT2D eigenvalue weighted by atomic mass is 10.0. The zero-order valence-electron chi connectivity index (χ0n) is 25.0. The number of carbonyl (C=O) groups excluding carboxylic acids is 6. The van der Waals surface area contributed by atoms with Crippen LogP contribution < -0.4 is 21.7 Å². The molecule has 0 heterocycles. The van der Waals surface area contributed by atoms with E-state index in [4.69, 9.17) is 15.6 Å². The molecule has 0 spiro atoms. The fourth-order valence-electron chi connectivity index (χ4n) is 3.91. The molecule has 0 saturated heterocycles. The Morgan fingerprint density at radius 2 is 1.64 bits per heavy atom. The number of unbranched alkanes of at least 4 members (excludes halogenated alkanes) is 5. The van der Waals surface area contributed by atoms with Crippen molar-refractivity contribution in [1.29, 1.82) is 0 Å². The van der Waals surface area contributed by atoms with E-state index in [0.29, 0.717) is 6.54 Å². The van der Waals surface area contributed by atoms with E-state index in [-0.39, 0.29) is 25.0 Å². The van der Waals surface area contributed by atoms with Crippen LogP contribution in [-0.2, 0) is 33.5 Å². The van der Waals surface area contributed by atoms with Gasteiger partial charge in [0, 0.05) is 26.9 Å². The van der Waals surface area contributed by atoms with Crippen molar-refractivity contribution in [3.8, 4) is 0 Å². The lowest BCUT2D eigenvalue weighted by Crippen LogP contribution is -2.56. The van der Waals surface area contributed by atoms with Crippen LogP contribution in [0.5, 0.6) is 0 Å². The van der Waals surface area contributed by atoms with Gasteiger partial charge in [-0.2, -0.15) is 0 Å². The van der Waals surface area contributed by atoms with Crippen LogP contribution in [0.15, 0.2) is 0 Å². The third-order valence-corrected chi connectivity index (χ3v) is 6.71. The van der Waals surface area contributed by atoms with Crippen molar-refractivity contribution in [1.82, 2.24) is 20.9 Å². The maximum Gasteiger partial charge on any atom is 0.248 e. The van der Waals surface area contributed by atoms with E-state index in [1.165, 1.54) is 20.4 Å². The highest BCUT2D eigenvalue weighted by Gasteiger charge is 2.35. The molecule has 15 nitrogen and oxygen atoms in total. The van der Waals surface area contributed by atoms with Gasteiger partial charge < -0.3 is 51.4 Å². The lowest BCUT2D eigenvalue weighted by molar-refractivity contribution is -0.153. The van der Waals surface area contributed by atoms with Gasteiger partial charge in [-0.15, -0.1) is 0 Å². The van der Waals surface area contributed by atoms with Gasteiger partial charge in [-0.05, 0) is 19.8 Å². The highest BCUT2D eigenvalue weighted by molar-refractivity contribution is 5.91. The zero-order valence-corrected chi connectivity index (χ0v) is 25.0. The maximum absolute atomic E-state index is 12.8. The minimum absolute atomic E-state index is 0.0418. The number of nitrogens with zero attached hydrogens (tertiary/aromatic N) is 1. The molecule has 0 aliphatic heterocycles. The molecule has 0 fully saturated rings. The average Bonchev–Trinajstić information content (AvgIpc) is 2.95. The highest BCUT2D eigenvalue weighted by atomic mass is 16.5. The minimum atomic E-state index is -1.85. The molecule has 6 atom stereocenters. The quantitative estimate of drug-likeness (QED) is 0.0494. The van der Waals surface area contributed by atoms with Crippen molar-refractivity contribution in [3.05, 3.63) is 0 Å². The Bertz CT molecular complexity index is 874. The van der Waals surface area contributed by atoms with Crippen LogP contribution in [0.25, 0.3) is 0 Å². The van der Waals surface area contributed by atoms with Gasteiger partial charge in [-0.3, -0.25) is 24.0 Å². The summed E-state index contributed by atoms with van der Waals surface area (Å²) in [5, 5.41) is 36.6. The van der Waals surface area contributed by atoms with Gasteiger partial charge in [0.05, 0.1) is 6.61 Å². The van der Waals surface area contributed by atoms with E-state index >= 15 is 0 Å². The number of nitrogens with one attached hydrogen (secondary N) is 3. The summed E-state index contributed by atoms with van der Waals surface area (Å²) in [5.74, 6) is -3.31. The summed E-state index contributed by atoms with van der Waals surface area (Å²) in [7, 11) is 1.27. The summed E-state index contributed by atoms with van der Waals surface area (Å²) in [5.41, 5.74) is 5.40. The third kappa shape index (κ3) is 15.2. The number of aliphatic hydroxyl groups excluding tert-OH is 3. The van der Waals surface area contributed by atoms with Crippen molar-refractivity contribution in [2.75, 3.05) is 26.8 Å². The predicted octanol–water partition coefficient (Wildman–Crippen LogP) is -2.14. The normalized spacial score (nSPS) is 15.3. The highest BCUT2D eigenvalue weighted by Crippen LogP contribution is 2.11. The molecule has 0 radical (unpaired) electrons. The lowest BCUT2D eigenvalue weighted by Gasteiger charge is -2.31. The van der Waals surface area contributed by atoms with Gasteiger partial charge in [0.25, 0.3) is 0 Å². The molecule has 5 amide bonds. The fraction of sp³-hybridized carbons (Fsp3) is 0.778. The van der Waals surface area contributed by atoms with Crippen LogP contribution in [0.1, 0.15) is 72.1 Å². The number of nitrogens with two attached hydrogens (primary N) is 1. The Balaban J connectivity index is 4.99. The number of primary amides is 1. The molecule has 0 aromatic carbocycles. The average molecular weight is 604 g/mol. The van der Waals surface area contributed by atoms with Gasteiger partial charge in [-0.1, -0.05) is 39.0 Å². The molecule has 0 bridgehead atoms. The number of aldehydes is 1. The van der Waals surface area contributed by atoms with Crippen LogP contribution in [0.2, 0.25) is 0 Å². The largest absolute Gasteiger partial charge is 0.394 e. The Hall–Kier alpha value is -3.14. The van der Waals surface area contributed by atoms with Crippen LogP contribution in [0.3, 0.4) is 0 Å². The van der Waals surface area contributed by atoms with Crippen molar-refractivity contribution >= 4 is 35.8 Å². The smallest absolute Gasteiger partial charge is 0.248 e. The van der Waals surface area contributed by atoms with E-state index in [1.54, 1.807) is 0 Å². The number of hydrogen-bond donors (Lipinski definition) is 7. The van der Waals surface area contributed by atoms with E-state index in [2.05, 4.69) is 22.9 Å². The number of rotatable bonds is 23. The molecular formula is C27H49N5O10. The second-order valence-corrected chi connectivity index (χ2v) is 10.2. The zero-order chi connectivity index (χ0) is 32.2. The van der Waals surface area contributed by atoms with Crippen LogP contribution in [0, 0.1) is 0 Å². The fourth-order valence-corrected chi connectivity index (χ4v) is 3.91. The Kier molecular flexibility index (Phi) is 19.9. The van der Waals surface area contributed by atoms with E-state index in [0.717, 1.165) is 43.9 Å². The molecule has 0 saturated carbocycles. The number of aliphatic hydroxyl groups is 3. The predicted molar refractivity (Wildman–Crippen MR) is 151 cm³/mol. The van der Waals surface area contributed by atoms with Crippen LogP contribution in [0.4, 0.5) is 0 Å². The van der Waals surface area contributed by atoms with E-state index in [1.807, 2.05) is 0 Å². The standard InChI is InChI=1S/C27H49N5O10/c1-5-6-7-8-9-10-13-29-22(37)12-11-19(26(28)40)31-27(41)17(2)32(4)23(38)16-42-25(24(39)21(36)15-34)20(14-33)30-18(3)35/h14,17,19-21,24-25,34,36,39H,5-13,15-16H2,1-4H3,(H2,28,40)(H,29,37)(H,30,35)(H,31,41)/t17-,19-,20-,21+,24+,25+/m0/s1. The number of ether oxygens (including phenoxy) is 1. The first-order valence-electron chi connectivity index (χ1n) is 14.2. The summed E-state index contributed by atoms with van der Waals surface area (Å²) < 4.78 is 5.33. The van der Waals surface area contributed by atoms with Gasteiger partial charge in [-0.25, -0.2) is 0 Å². The summed E-state index contributed by atoms with van der Waals surface area (Å²) in [6, 6.07) is -3.75. The maximum atomic E-state index is 12.8. The summed E-state index contributed by atoms with van der Waals surface area (Å²) in [6.45, 7) is 3.45. The first-order chi connectivity index (χ1) is 19.8. The molecule has 0 unspecified atom stereocenters. The molecule has 15 heteroatoms. The van der Waals surface area contributed by atoms with Gasteiger partial charge in [0.1, 0.15) is 49.3 Å². The van der Waals surface area contributed by atoms with Gasteiger partial charge in [0.15, 0.2) is 0 Å². The first kappa shape index (κ1) is 38.9. The Morgan fingerprint density at radius 1 is 1.02 bits per heavy atom. The van der Waals surface area contributed by atoms with Crippen molar-refractivity contribution in [2.45, 2.75) is 109 Å².